The lowest BCUT2D eigenvalue weighted by Crippen LogP contribution is -2.40. The minimum absolute atomic E-state index is 0.120. The minimum atomic E-state index is -0.773. The topological polar surface area (TPSA) is 67.8 Å². The molecular weight excluding hydrogens is 282 g/mol. The summed E-state index contributed by atoms with van der Waals surface area (Å²) < 4.78 is 10.8. The van der Waals surface area contributed by atoms with E-state index in [4.69, 9.17) is 9.47 Å². The van der Waals surface area contributed by atoms with E-state index in [0.29, 0.717) is 18.8 Å². The fraction of sp³-hybridized carbons (Fsp3) is 0.471. The van der Waals surface area contributed by atoms with Crippen LogP contribution < -0.4 is 10.1 Å². The highest BCUT2D eigenvalue weighted by molar-refractivity contribution is 5.80. The summed E-state index contributed by atoms with van der Waals surface area (Å²) >= 11 is 0. The number of aryl methyl sites for hydroxylation is 1. The summed E-state index contributed by atoms with van der Waals surface area (Å²) in [5.41, 5.74) is 1.09. The molecule has 1 rings (SSSR count). The monoisotopic (exact) mass is 307 g/mol. The van der Waals surface area contributed by atoms with Gasteiger partial charge in [-0.05, 0) is 38.0 Å². The highest BCUT2D eigenvalue weighted by Crippen LogP contribution is 2.12. The second kappa shape index (κ2) is 9.97. The zero-order valence-corrected chi connectivity index (χ0v) is 13.2. The smallest absolute Gasteiger partial charge is 0.248 e. The number of rotatable bonds is 10. The van der Waals surface area contributed by atoms with Crippen LogP contribution in [-0.4, -0.2) is 43.0 Å². The lowest BCUT2D eigenvalue weighted by molar-refractivity contribution is -0.132. The van der Waals surface area contributed by atoms with Crippen LogP contribution in [0.3, 0.4) is 0 Å². The minimum Gasteiger partial charge on any atom is -0.491 e. The lowest BCUT2D eigenvalue weighted by atomic mass is 10.2. The van der Waals surface area contributed by atoms with Crippen molar-refractivity contribution in [3.8, 4) is 5.75 Å². The van der Waals surface area contributed by atoms with Crippen molar-refractivity contribution < 1.29 is 19.4 Å². The van der Waals surface area contributed by atoms with Gasteiger partial charge in [-0.2, -0.15) is 0 Å². The van der Waals surface area contributed by atoms with Gasteiger partial charge in [-0.3, -0.25) is 4.79 Å². The van der Waals surface area contributed by atoms with Crippen molar-refractivity contribution in [3.05, 3.63) is 42.5 Å². The molecule has 0 aliphatic carbocycles. The number of aliphatic hydroxyl groups is 1. The zero-order chi connectivity index (χ0) is 16.4. The number of ether oxygens (including phenoxy) is 2. The van der Waals surface area contributed by atoms with Crippen LogP contribution in [0.25, 0.3) is 0 Å². The predicted octanol–water partition coefficient (Wildman–Crippen LogP) is 1.83. The van der Waals surface area contributed by atoms with Crippen molar-refractivity contribution in [1.82, 2.24) is 5.32 Å². The van der Waals surface area contributed by atoms with Crippen LogP contribution in [0, 0.1) is 6.92 Å². The predicted molar refractivity (Wildman–Crippen MR) is 85.9 cm³/mol. The summed E-state index contributed by atoms with van der Waals surface area (Å²) in [5, 5.41) is 12.5. The van der Waals surface area contributed by atoms with Gasteiger partial charge in [-0.1, -0.05) is 18.2 Å². The molecule has 0 spiro atoms. The molecule has 1 aromatic rings. The van der Waals surface area contributed by atoms with Gasteiger partial charge in [0.25, 0.3) is 0 Å². The number of hydrogen-bond acceptors (Lipinski definition) is 4. The fourth-order valence-corrected chi connectivity index (χ4v) is 1.72. The van der Waals surface area contributed by atoms with E-state index in [1.165, 1.54) is 0 Å². The van der Waals surface area contributed by atoms with Crippen molar-refractivity contribution in [1.29, 1.82) is 0 Å². The average Bonchev–Trinajstić information content (AvgIpc) is 2.50. The van der Waals surface area contributed by atoms with Gasteiger partial charge in [-0.25, -0.2) is 0 Å². The molecule has 0 saturated heterocycles. The number of nitrogens with one attached hydrogen (secondary N) is 1. The Morgan fingerprint density at radius 1 is 1.50 bits per heavy atom. The van der Waals surface area contributed by atoms with Gasteiger partial charge in [0.1, 0.15) is 24.6 Å². The molecular formula is C17H25NO4. The van der Waals surface area contributed by atoms with Crippen LogP contribution in [0.5, 0.6) is 5.75 Å². The molecule has 0 saturated carbocycles. The summed E-state index contributed by atoms with van der Waals surface area (Å²) in [6.07, 6.45) is 1.11. The molecule has 2 N–H and O–H groups in total. The lowest BCUT2D eigenvalue weighted by Gasteiger charge is -2.16. The average molecular weight is 307 g/mol. The second-order valence-electron chi connectivity index (χ2n) is 5.12. The maximum Gasteiger partial charge on any atom is 0.248 e. The summed E-state index contributed by atoms with van der Waals surface area (Å²) in [5.74, 6) is 0.449. The Balaban J connectivity index is 2.23. The molecule has 0 heterocycles. The molecule has 2 atom stereocenters. The van der Waals surface area contributed by atoms with Crippen LogP contribution in [-0.2, 0) is 9.53 Å². The summed E-state index contributed by atoms with van der Waals surface area (Å²) in [6.45, 7) is 7.93. The van der Waals surface area contributed by atoms with E-state index < -0.39 is 12.2 Å². The SMILES string of the molecule is C=CCCOC(C)C(=O)NCC(O)COc1cccc(C)c1. The van der Waals surface area contributed by atoms with E-state index in [0.717, 1.165) is 5.56 Å². The van der Waals surface area contributed by atoms with Crippen molar-refractivity contribution >= 4 is 5.91 Å². The Labute approximate surface area is 131 Å². The maximum absolute atomic E-state index is 11.7. The molecule has 1 aromatic carbocycles. The third kappa shape index (κ3) is 7.24. The zero-order valence-electron chi connectivity index (χ0n) is 13.2. The first kappa shape index (κ1) is 18.2. The Morgan fingerprint density at radius 2 is 2.27 bits per heavy atom. The van der Waals surface area contributed by atoms with E-state index in [9.17, 15) is 9.90 Å². The van der Waals surface area contributed by atoms with Gasteiger partial charge in [0.2, 0.25) is 5.91 Å². The summed E-state index contributed by atoms with van der Waals surface area (Å²) in [6, 6.07) is 7.58. The number of hydrogen-bond donors (Lipinski definition) is 2. The molecule has 22 heavy (non-hydrogen) atoms. The summed E-state index contributed by atoms with van der Waals surface area (Å²) in [4.78, 5) is 11.7. The Hall–Kier alpha value is -1.85. The van der Waals surface area contributed by atoms with Crippen LogP contribution in [0.1, 0.15) is 18.9 Å². The van der Waals surface area contributed by atoms with Crippen LogP contribution in [0.4, 0.5) is 0 Å². The number of carbonyl (C=O) groups excluding carboxylic acids is 1. The van der Waals surface area contributed by atoms with Crippen LogP contribution in [0.2, 0.25) is 0 Å². The number of aliphatic hydroxyl groups excluding tert-OH is 1. The molecule has 5 nitrogen and oxygen atoms in total. The molecule has 5 heteroatoms. The van der Waals surface area contributed by atoms with Crippen molar-refractivity contribution in [2.45, 2.75) is 32.5 Å². The third-order valence-corrected chi connectivity index (χ3v) is 3.00. The maximum atomic E-state index is 11.7. The van der Waals surface area contributed by atoms with Crippen molar-refractivity contribution in [2.75, 3.05) is 19.8 Å². The first-order valence-corrected chi connectivity index (χ1v) is 7.40. The van der Waals surface area contributed by atoms with Gasteiger partial charge in [0.05, 0.1) is 6.61 Å². The summed E-state index contributed by atoms with van der Waals surface area (Å²) in [7, 11) is 0. The fourth-order valence-electron chi connectivity index (χ4n) is 1.72. The molecule has 0 aliphatic rings. The van der Waals surface area contributed by atoms with Crippen molar-refractivity contribution in [3.63, 3.8) is 0 Å². The quantitative estimate of drug-likeness (QED) is 0.511. The molecule has 2 unspecified atom stereocenters. The van der Waals surface area contributed by atoms with Gasteiger partial charge in [-0.15, -0.1) is 6.58 Å². The third-order valence-electron chi connectivity index (χ3n) is 3.00. The van der Waals surface area contributed by atoms with Crippen LogP contribution in [0.15, 0.2) is 36.9 Å². The van der Waals surface area contributed by atoms with E-state index in [2.05, 4.69) is 11.9 Å². The Kier molecular flexibility index (Phi) is 8.25. The van der Waals surface area contributed by atoms with Gasteiger partial charge in [0.15, 0.2) is 0 Å². The molecule has 122 valence electrons. The first-order valence-electron chi connectivity index (χ1n) is 7.40. The highest BCUT2D eigenvalue weighted by Gasteiger charge is 2.14. The van der Waals surface area contributed by atoms with Gasteiger partial charge < -0.3 is 19.9 Å². The first-order chi connectivity index (χ1) is 10.5. The molecule has 0 radical (unpaired) electrons. The van der Waals surface area contributed by atoms with Crippen LogP contribution >= 0.6 is 0 Å². The molecule has 0 bridgehead atoms. The van der Waals surface area contributed by atoms with E-state index in [1.807, 2.05) is 31.2 Å². The van der Waals surface area contributed by atoms with E-state index in [-0.39, 0.29) is 19.1 Å². The van der Waals surface area contributed by atoms with Gasteiger partial charge in [0, 0.05) is 6.54 Å². The number of carbonyl (C=O) groups is 1. The Bertz CT molecular complexity index is 475. The Morgan fingerprint density at radius 3 is 2.95 bits per heavy atom. The molecule has 0 fully saturated rings. The van der Waals surface area contributed by atoms with Gasteiger partial charge >= 0.3 is 0 Å². The number of amides is 1. The van der Waals surface area contributed by atoms with E-state index >= 15 is 0 Å². The molecule has 0 aliphatic heterocycles. The highest BCUT2D eigenvalue weighted by atomic mass is 16.5. The van der Waals surface area contributed by atoms with Crippen molar-refractivity contribution in [2.24, 2.45) is 0 Å². The normalized spacial score (nSPS) is 13.2. The standard InChI is InChI=1S/C17H25NO4/c1-4-5-9-21-14(3)17(20)18-11-15(19)12-22-16-8-6-7-13(2)10-16/h4,6-8,10,14-15,19H,1,5,9,11-12H2,2-3H3,(H,18,20). The second-order valence-corrected chi connectivity index (χ2v) is 5.12. The molecule has 1 amide bonds. The largest absolute Gasteiger partial charge is 0.491 e. The van der Waals surface area contributed by atoms with E-state index in [1.54, 1.807) is 13.0 Å². The molecule has 0 aromatic heterocycles. The number of benzene rings is 1.